The van der Waals surface area contributed by atoms with Crippen molar-refractivity contribution in [3.8, 4) is 0 Å². The van der Waals surface area contributed by atoms with Crippen LogP contribution in [0, 0.1) is 11.8 Å². The average molecular weight is 206 g/mol. The van der Waals surface area contributed by atoms with E-state index in [9.17, 15) is 4.79 Å². The Labute approximate surface area is 90.5 Å². The normalized spacial score (nSPS) is 20.3. The van der Waals surface area contributed by atoms with Gasteiger partial charge in [0, 0.05) is 30.8 Å². The third-order valence-corrected chi connectivity index (χ3v) is 2.99. The third kappa shape index (κ3) is 2.11. The van der Waals surface area contributed by atoms with E-state index >= 15 is 0 Å². The van der Waals surface area contributed by atoms with Crippen molar-refractivity contribution in [2.75, 3.05) is 0 Å². The molecule has 0 saturated carbocycles. The van der Waals surface area contributed by atoms with Crippen molar-refractivity contribution in [2.24, 2.45) is 11.8 Å². The molecule has 0 spiro atoms. The molecule has 0 N–H and O–H groups in total. The van der Waals surface area contributed by atoms with Gasteiger partial charge in [0.25, 0.3) is 0 Å². The molecule has 0 saturated heterocycles. The van der Waals surface area contributed by atoms with Crippen molar-refractivity contribution in [3.05, 3.63) is 17.7 Å². The maximum Gasteiger partial charge on any atom is 0.124 e. The van der Waals surface area contributed by atoms with Gasteiger partial charge in [-0.2, -0.15) is 0 Å². The van der Waals surface area contributed by atoms with Crippen LogP contribution in [0.4, 0.5) is 0 Å². The first-order valence-electron chi connectivity index (χ1n) is 5.69. The summed E-state index contributed by atoms with van der Waals surface area (Å²) in [7, 11) is 0. The van der Waals surface area contributed by atoms with E-state index in [0.717, 1.165) is 37.9 Å². The summed E-state index contributed by atoms with van der Waals surface area (Å²) in [6.07, 6.45) is 6.04. The molecule has 3 nitrogen and oxygen atoms in total. The molecule has 0 fully saturated rings. The maximum atomic E-state index is 10.8. The van der Waals surface area contributed by atoms with Gasteiger partial charge in [0.1, 0.15) is 12.1 Å². The standard InChI is InChI=1S/C12H18N2O/c1-9(2)5-12-13-6-11-4-3-10(8-15)7-14(11)12/h6,8-10H,3-5,7H2,1-2H3. The molecular weight excluding hydrogens is 188 g/mol. The van der Waals surface area contributed by atoms with Gasteiger partial charge in [-0.1, -0.05) is 13.8 Å². The number of hydrogen-bond donors (Lipinski definition) is 0. The summed E-state index contributed by atoms with van der Waals surface area (Å²) in [5.74, 6) is 1.96. The molecule has 0 aliphatic carbocycles. The van der Waals surface area contributed by atoms with Crippen LogP contribution in [0.15, 0.2) is 6.20 Å². The molecule has 3 heteroatoms. The lowest BCUT2D eigenvalue weighted by molar-refractivity contribution is -0.111. The van der Waals surface area contributed by atoms with E-state index in [4.69, 9.17) is 0 Å². The highest BCUT2D eigenvalue weighted by Crippen LogP contribution is 2.21. The van der Waals surface area contributed by atoms with Crippen LogP contribution < -0.4 is 0 Å². The molecule has 1 unspecified atom stereocenters. The lowest BCUT2D eigenvalue weighted by Crippen LogP contribution is -2.22. The zero-order valence-electron chi connectivity index (χ0n) is 9.44. The summed E-state index contributed by atoms with van der Waals surface area (Å²) in [5, 5.41) is 0. The van der Waals surface area contributed by atoms with Gasteiger partial charge in [-0.25, -0.2) is 4.98 Å². The molecule has 1 aromatic heterocycles. The van der Waals surface area contributed by atoms with E-state index in [-0.39, 0.29) is 5.92 Å². The van der Waals surface area contributed by atoms with Crippen LogP contribution >= 0.6 is 0 Å². The van der Waals surface area contributed by atoms with Crippen molar-refractivity contribution in [1.29, 1.82) is 0 Å². The molecule has 0 bridgehead atoms. The monoisotopic (exact) mass is 206 g/mol. The fourth-order valence-electron chi connectivity index (χ4n) is 2.17. The van der Waals surface area contributed by atoms with Crippen molar-refractivity contribution in [3.63, 3.8) is 0 Å². The molecule has 1 aliphatic rings. The first kappa shape index (κ1) is 10.4. The number of rotatable bonds is 3. The number of imidazole rings is 1. The molecule has 1 aliphatic heterocycles. The van der Waals surface area contributed by atoms with Gasteiger partial charge >= 0.3 is 0 Å². The zero-order chi connectivity index (χ0) is 10.8. The Kier molecular flexibility index (Phi) is 2.89. The molecule has 82 valence electrons. The summed E-state index contributed by atoms with van der Waals surface area (Å²) in [4.78, 5) is 15.2. The Morgan fingerprint density at radius 1 is 1.67 bits per heavy atom. The van der Waals surface area contributed by atoms with Gasteiger partial charge in [-0.05, 0) is 18.8 Å². The molecule has 2 rings (SSSR count). The smallest absolute Gasteiger partial charge is 0.124 e. The fourth-order valence-corrected chi connectivity index (χ4v) is 2.17. The molecule has 0 radical (unpaired) electrons. The minimum Gasteiger partial charge on any atom is -0.331 e. The Bertz CT molecular complexity index is 355. The lowest BCUT2D eigenvalue weighted by Gasteiger charge is -2.21. The first-order chi connectivity index (χ1) is 7.20. The summed E-state index contributed by atoms with van der Waals surface area (Å²) in [6, 6.07) is 0. The average Bonchev–Trinajstić information content (AvgIpc) is 2.60. The van der Waals surface area contributed by atoms with Gasteiger partial charge in [0.15, 0.2) is 0 Å². The zero-order valence-corrected chi connectivity index (χ0v) is 9.44. The Morgan fingerprint density at radius 2 is 2.47 bits per heavy atom. The van der Waals surface area contributed by atoms with E-state index in [1.165, 1.54) is 5.69 Å². The second-order valence-electron chi connectivity index (χ2n) is 4.81. The topological polar surface area (TPSA) is 34.9 Å². The van der Waals surface area contributed by atoms with Crippen LogP contribution in [0.3, 0.4) is 0 Å². The van der Waals surface area contributed by atoms with E-state index in [0.29, 0.717) is 5.92 Å². The second-order valence-corrected chi connectivity index (χ2v) is 4.81. The number of nitrogens with zero attached hydrogens (tertiary/aromatic N) is 2. The summed E-state index contributed by atoms with van der Waals surface area (Å²) >= 11 is 0. The Hall–Kier alpha value is -1.12. The van der Waals surface area contributed by atoms with Gasteiger partial charge in [0.05, 0.1) is 0 Å². The van der Waals surface area contributed by atoms with E-state index in [2.05, 4.69) is 23.4 Å². The van der Waals surface area contributed by atoms with Gasteiger partial charge < -0.3 is 9.36 Å². The number of carbonyl (C=O) groups is 1. The van der Waals surface area contributed by atoms with Crippen LogP contribution in [0.5, 0.6) is 0 Å². The molecule has 1 atom stereocenters. The number of aryl methyl sites for hydroxylation is 1. The fraction of sp³-hybridized carbons (Fsp3) is 0.667. The van der Waals surface area contributed by atoms with Crippen molar-refractivity contribution >= 4 is 6.29 Å². The van der Waals surface area contributed by atoms with Crippen LogP contribution in [-0.2, 0) is 24.2 Å². The summed E-state index contributed by atoms with van der Waals surface area (Å²) in [5.41, 5.74) is 1.30. The van der Waals surface area contributed by atoms with Crippen LogP contribution in [-0.4, -0.2) is 15.8 Å². The second kappa shape index (κ2) is 4.17. The quantitative estimate of drug-likeness (QED) is 0.707. The molecule has 0 aromatic carbocycles. The SMILES string of the molecule is CC(C)Cc1ncc2n1CC(C=O)CC2. The summed E-state index contributed by atoms with van der Waals surface area (Å²) < 4.78 is 2.24. The highest BCUT2D eigenvalue weighted by molar-refractivity contribution is 5.53. The number of carbonyl (C=O) groups excluding carboxylic acids is 1. The summed E-state index contributed by atoms with van der Waals surface area (Å²) in [6.45, 7) is 5.23. The maximum absolute atomic E-state index is 10.8. The number of aldehydes is 1. The van der Waals surface area contributed by atoms with Crippen LogP contribution in [0.2, 0.25) is 0 Å². The van der Waals surface area contributed by atoms with Gasteiger partial charge in [-0.3, -0.25) is 0 Å². The van der Waals surface area contributed by atoms with E-state index in [1.807, 2.05) is 6.20 Å². The highest BCUT2D eigenvalue weighted by atomic mass is 16.1. The molecule has 1 aromatic rings. The predicted molar refractivity (Wildman–Crippen MR) is 58.6 cm³/mol. The van der Waals surface area contributed by atoms with Crippen molar-refractivity contribution < 1.29 is 4.79 Å². The minimum atomic E-state index is 0.192. The van der Waals surface area contributed by atoms with E-state index < -0.39 is 0 Å². The van der Waals surface area contributed by atoms with Gasteiger partial charge in [-0.15, -0.1) is 0 Å². The molecule has 2 heterocycles. The molecule has 15 heavy (non-hydrogen) atoms. The predicted octanol–water partition coefficient (Wildman–Crippen LogP) is 1.84. The highest BCUT2D eigenvalue weighted by Gasteiger charge is 2.20. The lowest BCUT2D eigenvalue weighted by atomic mass is 9.99. The third-order valence-electron chi connectivity index (χ3n) is 2.99. The van der Waals surface area contributed by atoms with Crippen LogP contribution in [0.25, 0.3) is 0 Å². The number of fused-ring (bicyclic) bond motifs is 1. The van der Waals surface area contributed by atoms with Crippen molar-refractivity contribution in [2.45, 2.75) is 39.7 Å². The Morgan fingerprint density at radius 3 is 3.13 bits per heavy atom. The number of aromatic nitrogens is 2. The van der Waals surface area contributed by atoms with Gasteiger partial charge in [0.2, 0.25) is 0 Å². The van der Waals surface area contributed by atoms with E-state index in [1.54, 1.807) is 0 Å². The largest absolute Gasteiger partial charge is 0.331 e. The number of hydrogen-bond acceptors (Lipinski definition) is 2. The Balaban J connectivity index is 2.21. The first-order valence-corrected chi connectivity index (χ1v) is 5.69. The molecular formula is C12H18N2O. The van der Waals surface area contributed by atoms with Crippen molar-refractivity contribution in [1.82, 2.24) is 9.55 Å². The van der Waals surface area contributed by atoms with Crippen LogP contribution in [0.1, 0.15) is 31.8 Å². The minimum absolute atomic E-state index is 0.192. The molecule has 0 amide bonds.